The van der Waals surface area contributed by atoms with Crippen LogP contribution < -0.4 is 0 Å². The number of aromatic nitrogens is 2. The van der Waals surface area contributed by atoms with Gasteiger partial charge in [0.25, 0.3) is 0 Å². The van der Waals surface area contributed by atoms with Gasteiger partial charge >= 0.3 is 0 Å². The van der Waals surface area contributed by atoms with E-state index in [9.17, 15) is 0 Å². The number of para-hydroxylation sites is 3. The summed E-state index contributed by atoms with van der Waals surface area (Å²) in [6.45, 7) is 0. The van der Waals surface area contributed by atoms with Crippen LogP contribution in [0.1, 0.15) is 0 Å². The lowest BCUT2D eigenvalue weighted by Gasteiger charge is -2.14. The van der Waals surface area contributed by atoms with Gasteiger partial charge in [-0.2, -0.15) is 0 Å². The Morgan fingerprint density at radius 3 is 1.48 bits per heavy atom. The van der Waals surface area contributed by atoms with Crippen molar-refractivity contribution in [3.8, 4) is 55.9 Å². The fourth-order valence-corrected chi connectivity index (χ4v) is 8.76. The Morgan fingerprint density at radius 2 is 0.732 bits per heavy atom. The van der Waals surface area contributed by atoms with E-state index in [-0.39, 0.29) is 0 Å². The van der Waals surface area contributed by atoms with Gasteiger partial charge in [0.05, 0.1) is 27.8 Å². The fourth-order valence-electron chi connectivity index (χ4n) is 8.76. The summed E-state index contributed by atoms with van der Waals surface area (Å²) in [4.78, 5) is 0. The molecule has 0 unspecified atom stereocenters. The van der Waals surface area contributed by atoms with Crippen molar-refractivity contribution in [3.63, 3.8) is 0 Å². The molecule has 9 aromatic carbocycles. The number of fused-ring (bicyclic) bond motifs is 6. The van der Waals surface area contributed by atoms with Crippen molar-refractivity contribution in [2.45, 2.75) is 0 Å². The molecule has 0 aliphatic carbocycles. The van der Waals surface area contributed by atoms with Crippen molar-refractivity contribution in [1.82, 2.24) is 9.13 Å². The first-order valence-corrected chi connectivity index (χ1v) is 19.3. The first-order chi connectivity index (χ1) is 27.8. The van der Waals surface area contributed by atoms with Crippen LogP contribution in [0, 0.1) is 0 Å². The van der Waals surface area contributed by atoms with Crippen LogP contribution in [0.4, 0.5) is 0 Å². The molecular weight excluding hydrogens is 677 g/mol. The second-order valence-electron chi connectivity index (χ2n) is 14.5. The second kappa shape index (κ2) is 13.2. The molecule has 0 spiro atoms. The Bertz CT molecular complexity index is 3210. The Labute approximate surface area is 325 Å². The summed E-state index contributed by atoms with van der Waals surface area (Å²) in [7, 11) is 0. The standard InChI is InChI=1S/C54H36N2/c1-4-15-37(16-5-1)38-27-29-40(30-28-38)45-23-14-26-53-54(45)48-36-42(32-34-52(48)56(53)49-24-12-10-21-44(49)39-17-6-2-7-18-39)41-31-33-51-47(35-41)46-22-11-13-25-50(46)55(51)43-19-8-3-9-20-43/h1-36H. The maximum atomic E-state index is 2.47. The van der Waals surface area contributed by atoms with Gasteiger partial charge in [-0.25, -0.2) is 0 Å². The Morgan fingerprint density at radius 1 is 0.250 bits per heavy atom. The lowest BCUT2D eigenvalue weighted by molar-refractivity contribution is 1.18. The van der Waals surface area contributed by atoms with Crippen LogP contribution in [0.3, 0.4) is 0 Å². The SMILES string of the molecule is c1ccc(-c2ccc(-c3cccc4c3c3cc(-c5ccc6c(c5)c5ccccc5n6-c5ccccc5)ccc3n4-c3ccccc3-c3ccccc3)cc2)cc1. The van der Waals surface area contributed by atoms with Crippen LogP contribution in [0.2, 0.25) is 0 Å². The topological polar surface area (TPSA) is 9.86 Å². The summed E-state index contributed by atoms with van der Waals surface area (Å²) < 4.78 is 4.85. The largest absolute Gasteiger partial charge is 0.309 e. The van der Waals surface area contributed by atoms with E-state index in [2.05, 4.69) is 228 Å². The van der Waals surface area contributed by atoms with Gasteiger partial charge in [-0.15, -0.1) is 0 Å². The van der Waals surface area contributed by atoms with Crippen molar-refractivity contribution in [3.05, 3.63) is 218 Å². The van der Waals surface area contributed by atoms with E-state index >= 15 is 0 Å². The molecule has 0 bridgehead atoms. The molecule has 2 aromatic heterocycles. The van der Waals surface area contributed by atoms with E-state index in [0.29, 0.717) is 0 Å². The number of hydrogen-bond acceptors (Lipinski definition) is 0. The van der Waals surface area contributed by atoms with Crippen molar-refractivity contribution < 1.29 is 0 Å². The molecule has 11 rings (SSSR count). The molecule has 0 amide bonds. The smallest absolute Gasteiger partial charge is 0.0547 e. The van der Waals surface area contributed by atoms with Crippen LogP contribution in [0.25, 0.3) is 99.5 Å². The van der Waals surface area contributed by atoms with E-state index < -0.39 is 0 Å². The molecule has 0 aliphatic rings. The van der Waals surface area contributed by atoms with Crippen molar-refractivity contribution >= 4 is 43.6 Å². The van der Waals surface area contributed by atoms with Crippen molar-refractivity contribution in [2.75, 3.05) is 0 Å². The van der Waals surface area contributed by atoms with Crippen molar-refractivity contribution in [1.29, 1.82) is 0 Å². The predicted octanol–water partition coefficient (Wildman–Crippen LogP) is 14.5. The average molecular weight is 713 g/mol. The normalized spacial score (nSPS) is 11.6. The maximum Gasteiger partial charge on any atom is 0.0547 e. The highest BCUT2D eigenvalue weighted by molar-refractivity contribution is 6.17. The van der Waals surface area contributed by atoms with Gasteiger partial charge in [-0.1, -0.05) is 164 Å². The summed E-state index contributed by atoms with van der Waals surface area (Å²) in [5.41, 5.74) is 16.8. The van der Waals surface area contributed by atoms with Crippen LogP contribution in [-0.2, 0) is 0 Å². The lowest BCUT2D eigenvalue weighted by Crippen LogP contribution is -1.97. The number of benzene rings is 9. The molecule has 2 heteroatoms. The van der Waals surface area contributed by atoms with Gasteiger partial charge in [0, 0.05) is 32.8 Å². The summed E-state index contributed by atoms with van der Waals surface area (Å²) in [5, 5.41) is 4.99. The zero-order valence-corrected chi connectivity index (χ0v) is 30.7. The highest BCUT2D eigenvalue weighted by Gasteiger charge is 2.20. The number of nitrogens with zero attached hydrogens (tertiary/aromatic N) is 2. The monoisotopic (exact) mass is 712 g/mol. The quantitative estimate of drug-likeness (QED) is 0.162. The molecule has 262 valence electrons. The minimum Gasteiger partial charge on any atom is -0.309 e. The first-order valence-electron chi connectivity index (χ1n) is 19.3. The summed E-state index contributed by atoms with van der Waals surface area (Å²) >= 11 is 0. The average Bonchev–Trinajstić information content (AvgIpc) is 3.79. The Hall–Kier alpha value is -7.42. The number of hydrogen-bond donors (Lipinski definition) is 0. The summed E-state index contributed by atoms with van der Waals surface area (Å²) in [5.74, 6) is 0. The van der Waals surface area contributed by atoms with Crippen LogP contribution >= 0.6 is 0 Å². The third kappa shape index (κ3) is 5.19. The van der Waals surface area contributed by atoms with Gasteiger partial charge in [-0.05, 0) is 93.5 Å². The molecule has 0 aliphatic heterocycles. The van der Waals surface area contributed by atoms with Gasteiger partial charge < -0.3 is 9.13 Å². The highest BCUT2D eigenvalue weighted by atomic mass is 15.0. The van der Waals surface area contributed by atoms with E-state index in [0.717, 1.165) is 5.69 Å². The maximum absolute atomic E-state index is 2.47. The van der Waals surface area contributed by atoms with Gasteiger partial charge in [0.15, 0.2) is 0 Å². The minimum absolute atomic E-state index is 1.16. The third-order valence-electron chi connectivity index (χ3n) is 11.3. The molecule has 11 aromatic rings. The van der Waals surface area contributed by atoms with Crippen LogP contribution in [-0.4, -0.2) is 9.13 Å². The Balaban J connectivity index is 1.15. The molecule has 2 heterocycles. The summed E-state index contributed by atoms with van der Waals surface area (Å²) in [6.07, 6.45) is 0. The molecule has 0 saturated carbocycles. The zero-order chi connectivity index (χ0) is 37.0. The second-order valence-corrected chi connectivity index (χ2v) is 14.5. The third-order valence-corrected chi connectivity index (χ3v) is 11.3. The Kier molecular flexibility index (Phi) is 7.53. The molecule has 56 heavy (non-hydrogen) atoms. The molecule has 0 fully saturated rings. The lowest BCUT2D eigenvalue weighted by atomic mass is 9.95. The fraction of sp³-hybridized carbons (Fsp3) is 0. The van der Waals surface area contributed by atoms with E-state index in [1.165, 1.54) is 93.8 Å². The summed E-state index contributed by atoms with van der Waals surface area (Å²) in [6, 6.07) is 79.4. The molecule has 0 N–H and O–H groups in total. The van der Waals surface area contributed by atoms with Gasteiger partial charge in [0.2, 0.25) is 0 Å². The van der Waals surface area contributed by atoms with Gasteiger partial charge in [0.1, 0.15) is 0 Å². The molecular formula is C54H36N2. The van der Waals surface area contributed by atoms with Crippen LogP contribution in [0.5, 0.6) is 0 Å². The highest BCUT2D eigenvalue weighted by Crippen LogP contribution is 2.43. The predicted molar refractivity (Wildman–Crippen MR) is 237 cm³/mol. The van der Waals surface area contributed by atoms with Crippen LogP contribution in [0.15, 0.2) is 218 Å². The van der Waals surface area contributed by atoms with E-state index in [1.54, 1.807) is 0 Å². The van der Waals surface area contributed by atoms with E-state index in [4.69, 9.17) is 0 Å². The number of rotatable bonds is 6. The molecule has 0 radical (unpaired) electrons. The molecule has 0 saturated heterocycles. The first kappa shape index (κ1) is 32.0. The van der Waals surface area contributed by atoms with Gasteiger partial charge in [-0.3, -0.25) is 0 Å². The minimum atomic E-state index is 1.16. The molecule has 0 atom stereocenters. The van der Waals surface area contributed by atoms with E-state index in [1.807, 2.05) is 0 Å². The van der Waals surface area contributed by atoms with Crippen molar-refractivity contribution in [2.24, 2.45) is 0 Å². The zero-order valence-electron chi connectivity index (χ0n) is 30.7. The molecule has 2 nitrogen and oxygen atoms in total.